The molecule has 8 heteroatoms. The lowest BCUT2D eigenvalue weighted by Crippen LogP contribution is -2.51. The molecule has 1 N–H and O–H groups in total. The Bertz CT molecular complexity index is 970. The highest BCUT2D eigenvalue weighted by atomic mass is 35.5. The average Bonchev–Trinajstić information content (AvgIpc) is 2.68. The molecular formula is C20H24ClN3O3S. The molecule has 1 aliphatic heterocycles. The number of nitrogens with one attached hydrogen (secondary N) is 1. The summed E-state index contributed by atoms with van der Waals surface area (Å²) in [4.78, 5) is 16.5. The first-order valence-corrected chi connectivity index (χ1v) is 11.0. The second-order valence-corrected chi connectivity index (χ2v) is 9.11. The molecule has 0 radical (unpaired) electrons. The van der Waals surface area contributed by atoms with Crippen molar-refractivity contribution in [1.29, 1.82) is 0 Å². The maximum Gasteiger partial charge on any atom is 0.241 e. The van der Waals surface area contributed by atoms with Crippen molar-refractivity contribution in [2.75, 3.05) is 37.6 Å². The third-order valence-electron chi connectivity index (χ3n) is 4.85. The van der Waals surface area contributed by atoms with E-state index in [4.69, 9.17) is 11.6 Å². The number of hydrogen-bond donors (Lipinski definition) is 1. The van der Waals surface area contributed by atoms with E-state index in [9.17, 15) is 13.2 Å². The van der Waals surface area contributed by atoms with Gasteiger partial charge in [0.2, 0.25) is 15.9 Å². The Hall–Kier alpha value is -2.09. The number of carbonyl (C=O) groups excluding carboxylic acids is 1. The van der Waals surface area contributed by atoms with Crippen molar-refractivity contribution in [3.05, 3.63) is 58.6 Å². The van der Waals surface area contributed by atoms with Crippen molar-refractivity contribution in [2.24, 2.45) is 0 Å². The van der Waals surface area contributed by atoms with Gasteiger partial charge in [-0.25, -0.2) is 13.1 Å². The predicted octanol–water partition coefficient (Wildman–Crippen LogP) is 2.58. The van der Waals surface area contributed by atoms with Crippen molar-refractivity contribution >= 4 is 33.2 Å². The first kappa shape index (κ1) is 20.6. The van der Waals surface area contributed by atoms with Gasteiger partial charge in [-0.1, -0.05) is 29.8 Å². The van der Waals surface area contributed by atoms with Gasteiger partial charge >= 0.3 is 0 Å². The predicted molar refractivity (Wildman–Crippen MR) is 111 cm³/mol. The maximum absolute atomic E-state index is 12.6. The number of sulfonamides is 1. The molecule has 0 spiro atoms. The molecule has 2 aromatic rings. The van der Waals surface area contributed by atoms with Crippen LogP contribution in [0.5, 0.6) is 0 Å². The molecule has 1 amide bonds. The van der Waals surface area contributed by atoms with E-state index in [-0.39, 0.29) is 17.3 Å². The molecule has 3 rings (SSSR count). The van der Waals surface area contributed by atoms with E-state index in [0.717, 1.165) is 11.3 Å². The van der Waals surface area contributed by atoms with E-state index in [1.54, 1.807) is 24.0 Å². The van der Waals surface area contributed by atoms with Gasteiger partial charge in [-0.05, 0) is 49.2 Å². The first-order chi connectivity index (χ1) is 13.3. The van der Waals surface area contributed by atoms with Gasteiger partial charge in [0.25, 0.3) is 0 Å². The van der Waals surface area contributed by atoms with Gasteiger partial charge in [-0.15, -0.1) is 0 Å². The van der Waals surface area contributed by atoms with Crippen LogP contribution in [0.15, 0.2) is 47.4 Å². The van der Waals surface area contributed by atoms with Crippen molar-refractivity contribution in [3.8, 4) is 0 Å². The Balaban J connectivity index is 1.57. The molecule has 150 valence electrons. The number of nitrogens with zero attached hydrogens (tertiary/aromatic N) is 2. The number of piperazine rings is 1. The van der Waals surface area contributed by atoms with Crippen LogP contribution in [0, 0.1) is 13.8 Å². The van der Waals surface area contributed by atoms with Gasteiger partial charge in [-0.2, -0.15) is 0 Å². The lowest BCUT2D eigenvalue weighted by atomic mass is 10.2. The molecule has 1 heterocycles. The summed E-state index contributed by atoms with van der Waals surface area (Å²) in [5.41, 5.74) is 2.53. The summed E-state index contributed by atoms with van der Waals surface area (Å²) in [7, 11) is -3.73. The van der Waals surface area contributed by atoms with Crippen LogP contribution in [0.1, 0.15) is 11.1 Å². The Kier molecular flexibility index (Phi) is 6.27. The van der Waals surface area contributed by atoms with Crippen LogP contribution in [0.3, 0.4) is 0 Å². The minimum Gasteiger partial charge on any atom is -0.368 e. The molecule has 0 aliphatic carbocycles. The van der Waals surface area contributed by atoms with E-state index >= 15 is 0 Å². The van der Waals surface area contributed by atoms with Crippen molar-refractivity contribution < 1.29 is 13.2 Å². The molecule has 6 nitrogen and oxygen atoms in total. The molecule has 2 aromatic carbocycles. The summed E-state index contributed by atoms with van der Waals surface area (Å²) in [5, 5.41) is 0.678. The fourth-order valence-electron chi connectivity index (χ4n) is 3.23. The highest BCUT2D eigenvalue weighted by molar-refractivity contribution is 7.89. The highest BCUT2D eigenvalue weighted by Gasteiger charge is 2.24. The minimum atomic E-state index is -3.73. The second-order valence-electron chi connectivity index (χ2n) is 6.94. The Morgan fingerprint density at radius 2 is 1.79 bits per heavy atom. The number of aryl methyl sites for hydroxylation is 2. The zero-order valence-electron chi connectivity index (χ0n) is 16.0. The van der Waals surface area contributed by atoms with Crippen molar-refractivity contribution in [3.63, 3.8) is 0 Å². The quantitative estimate of drug-likeness (QED) is 0.805. The summed E-state index contributed by atoms with van der Waals surface area (Å²) < 4.78 is 27.6. The number of halogens is 1. The van der Waals surface area contributed by atoms with Crippen LogP contribution in [-0.2, 0) is 14.8 Å². The van der Waals surface area contributed by atoms with Crippen LogP contribution in [-0.4, -0.2) is 51.9 Å². The second kappa shape index (κ2) is 8.51. The standard InChI is InChI=1S/C20H24ClN3O3S/c1-15-6-7-16(2)19(12-15)28(26,27)22-14-20(25)24-10-8-23(9-11-24)18-5-3-4-17(21)13-18/h3-7,12-13,22H,8-11,14H2,1-2H3. The van der Waals surface area contributed by atoms with E-state index in [2.05, 4.69) is 9.62 Å². The van der Waals surface area contributed by atoms with Gasteiger partial charge in [-0.3, -0.25) is 4.79 Å². The van der Waals surface area contributed by atoms with E-state index in [1.807, 2.05) is 37.3 Å². The zero-order chi connectivity index (χ0) is 20.3. The smallest absolute Gasteiger partial charge is 0.241 e. The molecule has 0 saturated carbocycles. The molecular weight excluding hydrogens is 398 g/mol. The number of rotatable bonds is 5. The number of benzene rings is 2. The fraction of sp³-hybridized carbons (Fsp3) is 0.350. The SMILES string of the molecule is Cc1ccc(C)c(S(=O)(=O)NCC(=O)N2CCN(c3cccc(Cl)c3)CC2)c1. The third kappa shape index (κ3) is 4.84. The van der Waals surface area contributed by atoms with E-state index < -0.39 is 10.0 Å². The summed E-state index contributed by atoms with van der Waals surface area (Å²) in [5.74, 6) is -0.223. The normalized spacial score (nSPS) is 15.0. The summed E-state index contributed by atoms with van der Waals surface area (Å²) in [6, 6.07) is 12.9. The van der Waals surface area contributed by atoms with E-state index in [0.29, 0.717) is 36.8 Å². The summed E-state index contributed by atoms with van der Waals surface area (Å²) in [6.07, 6.45) is 0. The van der Waals surface area contributed by atoms with Gasteiger partial charge in [0.15, 0.2) is 0 Å². The van der Waals surface area contributed by atoms with Crippen molar-refractivity contribution in [2.45, 2.75) is 18.7 Å². The van der Waals surface area contributed by atoms with E-state index in [1.165, 1.54) is 0 Å². The van der Waals surface area contributed by atoms with Gasteiger partial charge in [0, 0.05) is 36.9 Å². The molecule has 1 saturated heterocycles. The van der Waals surface area contributed by atoms with Gasteiger partial charge in [0.05, 0.1) is 11.4 Å². The molecule has 0 atom stereocenters. The first-order valence-electron chi connectivity index (χ1n) is 9.11. The Labute approximate surface area is 171 Å². The van der Waals surface area contributed by atoms with Gasteiger partial charge in [0.1, 0.15) is 0 Å². The van der Waals surface area contributed by atoms with Crippen LogP contribution >= 0.6 is 11.6 Å². The average molecular weight is 422 g/mol. The van der Waals surface area contributed by atoms with Crippen LogP contribution in [0.25, 0.3) is 0 Å². The number of amides is 1. The lowest BCUT2D eigenvalue weighted by Gasteiger charge is -2.36. The van der Waals surface area contributed by atoms with Gasteiger partial charge < -0.3 is 9.80 Å². The number of hydrogen-bond acceptors (Lipinski definition) is 4. The number of carbonyl (C=O) groups is 1. The summed E-state index contributed by atoms with van der Waals surface area (Å²) in [6.45, 7) is 5.76. The zero-order valence-corrected chi connectivity index (χ0v) is 17.6. The lowest BCUT2D eigenvalue weighted by molar-refractivity contribution is -0.130. The Morgan fingerprint density at radius 1 is 1.07 bits per heavy atom. The highest BCUT2D eigenvalue weighted by Crippen LogP contribution is 2.21. The third-order valence-corrected chi connectivity index (χ3v) is 6.63. The molecule has 1 aliphatic rings. The fourth-order valence-corrected chi connectivity index (χ4v) is 4.72. The van der Waals surface area contributed by atoms with Crippen molar-refractivity contribution in [1.82, 2.24) is 9.62 Å². The number of anilines is 1. The summed E-state index contributed by atoms with van der Waals surface area (Å²) >= 11 is 6.04. The topological polar surface area (TPSA) is 69.7 Å². The molecule has 0 unspecified atom stereocenters. The molecule has 0 bridgehead atoms. The van der Waals surface area contributed by atoms with Crippen LogP contribution in [0.4, 0.5) is 5.69 Å². The molecule has 28 heavy (non-hydrogen) atoms. The monoisotopic (exact) mass is 421 g/mol. The minimum absolute atomic E-state index is 0.214. The van der Waals surface area contributed by atoms with Crippen LogP contribution < -0.4 is 9.62 Å². The molecule has 0 aromatic heterocycles. The largest absolute Gasteiger partial charge is 0.368 e. The maximum atomic E-state index is 12.6. The van der Waals surface area contributed by atoms with Crippen LogP contribution in [0.2, 0.25) is 5.02 Å². The molecule has 1 fully saturated rings. The Morgan fingerprint density at radius 3 is 2.46 bits per heavy atom.